The van der Waals surface area contributed by atoms with Gasteiger partial charge in [0.2, 0.25) is 5.91 Å². The van der Waals surface area contributed by atoms with Crippen molar-refractivity contribution in [2.75, 3.05) is 6.61 Å². The van der Waals surface area contributed by atoms with Crippen LogP contribution in [0, 0.1) is 0 Å². The van der Waals surface area contributed by atoms with E-state index in [0.717, 1.165) is 83.5 Å². The fraction of sp³-hybridized carbons (Fsp3) is 0.917. The maximum absolute atomic E-state index is 12.9. The van der Waals surface area contributed by atoms with Crippen LogP contribution in [0.3, 0.4) is 0 Å². The Morgan fingerprint density at radius 2 is 1.12 bits per heavy atom. The molecule has 1 amide bonds. The van der Waals surface area contributed by atoms with Gasteiger partial charge in [-0.25, -0.2) is 4.57 Å². The smallest absolute Gasteiger partial charge is 0.393 e. The van der Waals surface area contributed by atoms with Gasteiger partial charge in [0.15, 0.2) is 0 Å². The maximum Gasteiger partial charge on any atom is 0.472 e. The number of aliphatic hydroxyl groups excluding tert-OH is 7. The molecule has 0 aromatic carbocycles. The van der Waals surface area contributed by atoms with Crippen LogP contribution < -0.4 is 5.32 Å². The van der Waals surface area contributed by atoms with Gasteiger partial charge >= 0.3 is 7.82 Å². The summed E-state index contributed by atoms with van der Waals surface area (Å²) in [5.74, 6) is -0.571. The highest BCUT2D eigenvalue weighted by Gasteiger charge is 2.51. The summed E-state index contributed by atoms with van der Waals surface area (Å²) in [4.78, 5) is 23.2. The van der Waals surface area contributed by atoms with E-state index in [1.807, 2.05) is 0 Å². The minimum atomic E-state index is -5.10. The third-order valence-electron chi connectivity index (χ3n) is 9.38. The summed E-state index contributed by atoms with van der Waals surface area (Å²) in [5, 5.41) is 73.9. The SMILES string of the molecule is CCCCCC/C=C\CCCCCCCC(O)CC(=O)NC(COP(=O)(O)OC1C(O)C(O)C(O)C(O)C1O)C(O)CCCCCCCCC. The molecule has 1 aliphatic carbocycles. The normalized spacial score (nSPS) is 25.7. The Hall–Kier alpha value is -0.960. The van der Waals surface area contributed by atoms with E-state index in [9.17, 15) is 50.0 Å². The van der Waals surface area contributed by atoms with Gasteiger partial charge in [-0.15, -0.1) is 0 Å². The van der Waals surface area contributed by atoms with Gasteiger partial charge in [-0.2, -0.15) is 0 Å². The number of unbranched alkanes of at least 4 members (excludes halogenated alkanes) is 15. The van der Waals surface area contributed by atoms with Crippen LogP contribution >= 0.6 is 7.82 Å². The predicted molar refractivity (Wildman–Crippen MR) is 192 cm³/mol. The average Bonchev–Trinajstić information content (AvgIpc) is 3.08. The molecule has 0 aromatic heterocycles. The Morgan fingerprint density at radius 1 is 0.680 bits per heavy atom. The van der Waals surface area contributed by atoms with Gasteiger partial charge in [0.1, 0.15) is 36.6 Å². The van der Waals surface area contributed by atoms with Gasteiger partial charge in [-0.1, -0.05) is 116 Å². The average molecular weight is 740 g/mol. The Bertz CT molecular complexity index is 927. The predicted octanol–water partition coefficient (Wildman–Crippen LogP) is 4.30. The zero-order valence-electron chi connectivity index (χ0n) is 30.6. The summed E-state index contributed by atoms with van der Waals surface area (Å²) in [6.45, 7) is 3.66. The zero-order chi connectivity index (χ0) is 37.4. The molecule has 0 aromatic rings. The van der Waals surface area contributed by atoms with Crippen LogP contribution in [0.5, 0.6) is 0 Å². The summed E-state index contributed by atoms with van der Waals surface area (Å²) in [7, 11) is -5.10. The Morgan fingerprint density at radius 3 is 1.66 bits per heavy atom. The molecule has 8 atom stereocenters. The summed E-state index contributed by atoms with van der Waals surface area (Å²) < 4.78 is 22.7. The van der Waals surface area contributed by atoms with Crippen LogP contribution in [0.1, 0.15) is 149 Å². The number of phosphoric acid groups is 1. The molecule has 0 radical (unpaired) electrons. The molecule has 0 heterocycles. The van der Waals surface area contributed by atoms with Gasteiger partial charge in [-0.3, -0.25) is 13.8 Å². The first-order valence-electron chi connectivity index (χ1n) is 19.2. The number of amides is 1. The highest BCUT2D eigenvalue weighted by Crippen LogP contribution is 2.47. The highest BCUT2D eigenvalue weighted by molar-refractivity contribution is 7.47. The van der Waals surface area contributed by atoms with Crippen molar-refractivity contribution in [2.45, 2.75) is 204 Å². The molecule has 0 bridgehead atoms. The van der Waals surface area contributed by atoms with E-state index < -0.39 is 75.2 Å². The molecule has 1 aliphatic rings. The third kappa shape index (κ3) is 20.3. The van der Waals surface area contributed by atoms with E-state index in [0.29, 0.717) is 12.8 Å². The van der Waals surface area contributed by atoms with Crippen molar-refractivity contribution in [3.8, 4) is 0 Å². The van der Waals surface area contributed by atoms with E-state index in [1.165, 1.54) is 25.7 Å². The molecule has 8 unspecified atom stereocenters. The largest absolute Gasteiger partial charge is 0.472 e. The number of hydrogen-bond acceptors (Lipinski definition) is 11. The summed E-state index contributed by atoms with van der Waals surface area (Å²) in [5.41, 5.74) is 0. The second kappa shape index (κ2) is 27.6. The number of allylic oxidation sites excluding steroid dienone is 2. The minimum absolute atomic E-state index is 0.227. The minimum Gasteiger partial charge on any atom is -0.393 e. The van der Waals surface area contributed by atoms with Gasteiger partial charge in [-0.05, 0) is 38.5 Å². The maximum atomic E-state index is 12.9. The van der Waals surface area contributed by atoms with Crippen molar-refractivity contribution in [2.24, 2.45) is 0 Å². The second-order valence-corrected chi connectivity index (χ2v) is 15.4. The summed E-state index contributed by atoms with van der Waals surface area (Å²) >= 11 is 0. The van der Waals surface area contributed by atoms with Crippen LogP contribution in [-0.2, 0) is 18.4 Å². The van der Waals surface area contributed by atoms with Gasteiger partial charge in [0.05, 0.1) is 31.3 Å². The van der Waals surface area contributed by atoms with Crippen LogP contribution in [0.4, 0.5) is 0 Å². The molecule has 0 aliphatic heterocycles. The lowest BCUT2D eigenvalue weighted by atomic mass is 9.85. The summed E-state index contributed by atoms with van der Waals surface area (Å²) in [6, 6.07) is -1.15. The molecule has 9 N–H and O–H groups in total. The molecule has 1 saturated carbocycles. The van der Waals surface area contributed by atoms with Crippen molar-refractivity contribution in [3.05, 3.63) is 12.2 Å². The van der Waals surface area contributed by atoms with E-state index in [-0.39, 0.29) is 12.8 Å². The number of aliphatic hydroxyl groups is 7. The standard InChI is InChI=1S/C36H70NO12P/c1-3-5-7-9-11-12-13-14-15-16-18-19-21-23-27(38)25-30(40)37-28(29(39)24-22-20-17-10-8-6-4-2)26-48-50(46,47)49-36-34(44)32(42)31(41)33(43)35(36)45/h12-13,27-29,31-36,38-39,41-45H,3-11,14-26H2,1-2H3,(H,37,40)(H,46,47)/b13-12-. The Kier molecular flexibility index (Phi) is 26.0. The summed E-state index contributed by atoms with van der Waals surface area (Å²) in [6.07, 6.45) is 10.3. The number of rotatable bonds is 30. The molecular formula is C36H70NO12P. The van der Waals surface area contributed by atoms with Crippen LogP contribution in [-0.4, -0.2) is 108 Å². The monoisotopic (exact) mass is 739 g/mol. The van der Waals surface area contributed by atoms with Crippen molar-refractivity contribution >= 4 is 13.7 Å². The third-order valence-corrected chi connectivity index (χ3v) is 10.4. The van der Waals surface area contributed by atoms with E-state index in [1.54, 1.807) is 0 Å². The Balaban J connectivity index is 2.58. The number of hydrogen-bond donors (Lipinski definition) is 9. The first-order chi connectivity index (χ1) is 23.8. The molecule has 0 saturated heterocycles. The molecular weight excluding hydrogens is 669 g/mol. The van der Waals surface area contributed by atoms with Crippen molar-refractivity contribution < 1.29 is 59.0 Å². The first-order valence-corrected chi connectivity index (χ1v) is 20.7. The van der Waals surface area contributed by atoms with E-state index in [2.05, 4.69) is 31.3 Å². The highest BCUT2D eigenvalue weighted by atomic mass is 31.2. The van der Waals surface area contributed by atoms with Gasteiger partial charge in [0, 0.05) is 0 Å². The van der Waals surface area contributed by atoms with Crippen LogP contribution in [0.2, 0.25) is 0 Å². The van der Waals surface area contributed by atoms with Crippen molar-refractivity contribution in [1.29, 1.82) is 0 Å². The lowest BCUT2D eigenvalue weighted by Crippen LogP contribution is -2.64. The number of nitrogens with one attached hydrogen (secondary N) is 1. The molecule has 13 nitrogen and oxygen atoms in total. The zero-order valence-corrected chi connectivity index (χ0v) is 31.5. The van der Waals surface area contributed by atoms with Crippen LogP contribution in [0.15, 0.2) is 12.2 Å². The van der Waals surface area contributed by atoms with Crippen molar-refractivity contribution in [1.82, 2.24) is 5.32 Å². The molecule has 50 heavy (non-hydrogen) atoms. The molecule has 1 rings (SSSR count). The van der Waals surface area contributed by atoms with E-state index >= 15 is 0 Å². The first kappa shape index (κ1) is 47.1. The molecule has 1 fully saturated rings. The van der Waals surface area contributed by atoms with Gasteiger partial charge in [0.25, 0.3) is 0 Å². The lowest BCUT2D eigenvalue weighted by molar-refractivity contribution is -0.220. The molecule has 14 heteroatoms. The number of carbonyl (C=O) groups is 1. The second-order valence-electron chi connectivity index (χ2n) is 14.0. The fourth-order valence-electron chi connectivity index (χ4n) is 6.12. The van der Waals surface area contributed by atoms with Crippen LogP contribution in [0.25, 0.3) is 0 Å². The van der Waals surface area contributed by atoms with E-state index in [4.69, 9.17) is 9.05 Å². The molecule has 0 spiro atoms. The quantitative estimate of drug-likeness (QED) is 0.0286. The fourth-order valence-corrected chi connectivity index (χ4v) is 7.09. The van der Waals surface area contributed by atoms with Crippen molar-refractivity contribution in [3.63, 3.8) is 0 Å². The van der Waals surface area contributed by atoms with Gasteiger partial charge < -0.3 is 46.0 Å². The topological polar surface area (TPSA) is 226 Å². The Labute approximate surface area is 300 Å². The number of carbonyl (C=O) groups excluding carboxylic acids is 1. The molecule has 296 valence electrons. The number of phosphoric ester groups is 1. The lowest BCUT2D eigenvalue weighted by Gasteiger charge is -2.41.